The van der Waals surface area contributed by atoms with Crippen molar-refractivity contribution in [2.45, 2.75) is 0 Å². The van der Waals surface area contributed by atoms with Gasteiger partial charge in [0.15, 0.2) is 0 Å². The molecule has 0 radical (unpaired) electrons. The van der Waals surface area contributed by atoms with Crippen LogP contribution < -0.4 is 10.4 Å². The van der Waals surface area contributed by atoms with E-state index in [9.17, 15) is 0 Å². The van der Waals surface area contributed by atoms with Crippen molar-refractivity contribution in [2.24, 2.45) is 0 Å². The maximum atomic E-state index is 5.88. The molecule has 0 saturated heterocycles. The molecule has 0 atom stereocenters. The Morgan fingerprint density at radius 3 is 1.31 bits per heavy atom. The van der Waals surface area contributed by atoms with Crippen molar-refractivity contribution >= 4 is 39.0 Å². The van der Waals surface area contributed by atoms with Gasteiger partial charge < -0.3 is 0 Å². The van der Waals surface area contributed by atoms with Crippen LogP contribution in [-0.4, -0.2) is 5.43 Å². The molecule has 0 saturated carbocycles. The second kappa shape index (κ2) is 5.64. The van der Waals surface area contributed by atoms with Crippen molar-refractivity contribution in [1.82, 2.24) is 0 Å². The minimum atomic E-state index is -0.605. The summed E-state index contributed by atoms with van der Waals surface area (Å²) in [7, 11) is 0. The maximum absolute atomic E-state index is 5.88. The van der Waals surface area contributed by atoms with Crippen LogP contribution in [0.1, 0.15) is 0 Å². The summed E-state index contributed by atoms with van der Waals surface area (Å²) in [5, 5.41) is 4.39. The fourth-order valence-corrected chi connectivity index (χ4v) is 5.44. The minimum absolute atomic E-state index is 0.605. The van der Waals surface area contributed by atoms with Crippen LogP contribution in [0.25, 0.3) is 0 Å². The van der Waals surface area contributed by atoms with E-state index in [1.165, 1.54) is 10.4 Å². The summed E-state index contributed by atoms with van der Waals surface area (Å²) < 4.78 is 0. The van der Waals surface area contributed by atoms with Crippen LogP contribution in [0.5, 0.6) is 0 Å². The van der Waals surface area contributed by atoms with Gasteiger partial charge in [0.2, 0.25) is 0 Å². The molecule has 76 valence electrons. The molecular weight excluding hydrogens is 334 g/mol. The van der Waals surface area contributed by atoms with Crippen molar-refractivity contribution in [1.29, 1.82) is 0 Å². The summed E-state index contributed by atoms with van der Waals surface area (Å²) in [5.41, 5.74) is -0.605. The van der Waals surface area contributed by atoms with Crippen molar-refractivity contribution in [3.05, 3.63) is 58.6 Å². The van der Waals surface area contributed by atoms with Crippen molar-refractivity contribution in [2.75, 3.05) is 0 Å². The Balaban J connectivity index is 2.32. The molecule has 0 N–H and O–H groups in total. The molecule has 0 aliphatic heterocycles. The van der Waals surface area contributed by atoms with Gasteiger partial charge in [-0.05, 0) is 0 Å². The zero-order valence-electron chi connectivity index (χ0n) is 8.37. The Morgan fingerprint density at radius 2 is 1.00 bits per heavy atom. The molecule has 0 aliphatic carbocycles. The van der Waals surface area contributed by atoms with Gasteiger partial charge in [0.25, 0.3) is 0 Å². The molecule has 0 aromatic heterocycles. The second-order valence-corrected chi connectivity index (χ2v) is 9.85. The van der Waals surface area contributed by atoms with Gasteiger partial charge in [0, 0.05) is 0 Å². The molecule has 16 heavy (non-hydrogen) atoms. The number of benzene rings is 2. The average Bonchev–Trinajstić information content (AvgIpc) is 2.30. The van der Waals surface area contributed by atoms with Gasteiger partial charge in [-0.3, -0.25) is 0 Å². The van der Waals surface area contributed by atoms with E-state index in [0.717, 1.165) is 10.0 Å². The van der Waals surface area contributed by atoms with Crippen LogP contribution in [0.3, 0.4) is 0 Å². The van der Waals surface area contributed by atoms with Crippen molar-refractivity contribution < 1.29 is 23.3 Å². The first-order valence-electron chi connectivity index (χ1n) is 4.77. The monoisotopic (exact) mass is 340 g/mol. The summed E-state index contributed by atoms with van der Waals surface area (Å²) in [6.45, 7) is 0. The van der Waals surface area contributed by atoms with Gasteiger partial charge in [-0.15, -0.1) is 0 Å². The average molecular weight is 342 g/mol. The summed E-state index contributed by atoms with van der Waals surface area (Å²) in [5.74, 6) is 0. The number of halogens is 2. The quantitative estimate of drug-likeness (QED) is 0.736. The van der Waals surface area contributed by atoms with E-state index in [2.05, 4.69) is 24.3 Å². The summed E-state index contributed by atoms with van der Waals surface area (Å²) in [6, 6.07) is 16.3. The van der Waals surface area contributed by atoms with E-state index < -0.39 is 5.43 Å². The third-order valence-corrected chi connectivity index (χ3v) is 8.85. The molecule has 0 heterocycles. The predicted octanol–water partition coefficient (Wildman–Crippen LogP) is 2.65. The fraction of sp³-hybridized carbons (Fsp3) is 0. The van der Waals surface area contributed by atoms with Crippen LogP contribution in [-0.2, 0) is 23.3 Å². The number of hydrogen-bond acceptors (Lipinski definition) is 0. The fourth-order valence-electron chi connectivity index (χ4n) is 1.40. The summed E-state index contributed by atoms with van der Waals surface area (Å²) >= 11 is 13.3. The first kappa shape index (κ1) is 12.6. The number of rotatable bonds is 2. The topological polar surface area (TPSA) is 0 Å². The van der Waals surface area contributed by atoms with Gasteiger partial charge >= 0.3 is 121 Å². The molecule has 0 amide bonds. The Bertz CT molecular complexity index is 458. The predicted molar refractivity (Wildman–Crippen MR) is 67.9 cm³/mol. The molecule has 0 unspecified atom stereocenters. The molecule has 2 aromatic carbocycles. The molecule has 2 aromatic rings. The third-order valence-electron chi connectivity index (χ3n) is 2.27. The van der Waals surface area contributed by atoms with Crippen LogP contribution in [0.2, 0.25) is 10.0 Å². The Labute approximate surface area is 120 Å². The molecule has 0 fully saturated rings. The van der Waals surface area contributed by atoms with E-state index in [4.69, 9.17) is 23.2 Å². The van der Waals surface area contributed by atoms with E-state index >= 15 is 0 Å². The van der Waals surface area contributed by atoms with Crippen molar-refractivity contribution in [3.63, 3.8) is 0 Å². The van der Waals surface area contributed by atoms with E-state index in [1.807, 2.05) is 24.3 Å². The molecule has 0 nitrogen and oxygen atoms in total. The molecular formula is C12H8Cl2SiZr+2. The van der Waals surface area contributed by atoms with Gasteiger partial charge in [-0.2, -0.15) is 0 Å². The van der Waals surface area contributed by atoms with Crippen LogP contribution >= 0.6 is 23.2 Å². The van der Waals surface area contributed by atoms with Gasteiger partial charge in [-0.25, -0.2) is 0 Å². The Morgan fingerprint density at radius 1 is 0.688 bits per heavy atom. The molecule has 0 spiro atoms. The van der Waals surface area contributed by atoms with Crippen LogP contribution in [0.4, 0.5) is 0 Å². The second-order valence-electron chi connectivity index (χ2n) is 3.39. The van der Waals surface area contributed by atoms with Gasteiger partial charge in [0.1, 0.15) is 0 Å². The Kier molecular flexibility index (Phi) is 4.43. The first-order valence-corrected chi connectivity index (χ1v) is 10.7. The normalized spacial score (nSPS) is 10.2. The standard InChI is InChI=1S/C12H8Cl2Si.Zr/c13-9-1-5-11(6-2-9)15-12-7-3-10(14)4-8-12;/h1-8H;/q;+2. The van der Waals surface area contributed by atoms with E-state index in [-0.39, 0.29) is 0 Å². The number of hydrogen-bond donors (Lipinski definition) is 0. The zero-order chi connectivity index (χ0) is 11.5. The molecule has 2 rings (SSSR count). The third kappa shape index (κ3) is 3.07. The van der Waals surface area contributed by atoms with E-state index in [0.29, 0.717) is 0 Å². The summed E-state index contributed by atoms with van der Waals surface area (Å²) in [4.78, 5) is 0. The summed E-state index contributed by atoms with van der Waals surface area (Å²) in [6.07, 6.45) is 0. The zero-order valence-corrected chi connectivity index (χ0v) is 13.3. The molecule has 0 aliphatic rings. The van der Waals surface area contributed by atoms with Crippen molar-refractivity contribution in [3.8, 4) is 0 Å². The van der Waals surface area contributed by atoms with Gasteiger partial charge in [-0.1, -0.05) is 0 Å². The van der Waals surface area contributed by atoms with Crippen LogP contribution in [0.15, 0.2) is 48.5 Å². The first-order chi connectivity index (χ1) is 7.66. The SMILES string of the molecule is Clc1ccc([Si](=[Zr+2])c2ccc(Cl)cc2)cc1. The van der Waals surface area contributed by atoms with Gasteiger partial charge in [0.05, 0.1) is 0 Å². The molecule has 0 bridgehead atoms. The van der Waals surface area contributed by atoms with E-state index in [1.54, 1.807) is 23.3 Å². The molecule has 4 heteroatoms. The Hall–Kier alpha value is 0.120. The van der Waals surface area contributed by atoms with Crippen LogP contribution in [0, 0.1) is 0 Å².